The Bertz CT molecular complexity index is 808. The predicted octanol–water partition coefficient (Wildman–Crippen LogP) is 1.59. The van der Waals surface area contributed by atoms with Gasteiger partial charge in [0.1, 0.15) is 10.8 Å². The average molecular weight is 372 g/mol. The van der Waals surface area contributed by atoms with Crippen LogP contribution < -0.4 is 15.4 Å². The molecule has 7 heteroatoms. The highest BCUT2D eigenvalue weighted by atomic mass is 32.1. The van der Waals surface area contributed by atoms with Gasteiger partial charge in [-0.3, -0.25) is 4.79 Å². The third-order valence-corrected chi connectivity index (χ3v) is 6.49. The molecule has 2 aliphatic heterocycles. The van der Waals surface area contributed by atoms with Crippen LogP contribution in [0.1, 0.15) is 4.88 Å². The number of rotatable bonds is 5. The highest BCUT2D eigenvalue weighted by Gasteiger charge is 2.53. The second kappa shape index (κ2) is 6.98. The summed E-state index contributed by atoms with van der Waals surface area (Å²) in [6.07, 6.45) is 1.84. The first-order valence-corrected chi connectivity index (χ1v) is 9.70. The van der Waals surface area contributed by atoms with Crippen molar-refractivity contribution < 1.29 is 9.53 Å². The van der Waals surface area contributed by atoms with E-state index in [1.165, 1.54) is 0 Å². The van der Waals surface area contributed by atoms with Gasteiger partial charge in [-0.2, -0.15) is 0 Å². The number of likely N-dealkylation sites (tertiary alicyclic amines) is 1. The summed E-state index contributed by atoms with van der Waals surface area (Å²) in [5, 5.41) is 7.45. The summed E-state index contributed by atoms with van der Waals surface area (Å²) in [6.45, 7) is 4.02. The molecule has 0 bridgehead atoms. The van der Waals surface area contributed by atoms with Gasteiger partial charge >= 0.3 is 0 Å². The Morgan fingerprint density at radius 2 is 2.35 bits per heavy atom. The Morgan fingerprint density at radius 1 is 1.50 bits per heavy atom. The maximum absolute atomic E-state index is 12.9. The maximum atomic E-state index is 12.9. The van der Waals surface area contributed by atoms with Crippen molar-refractivity contribution in [2.24, 2.45) is 11.3 Å². The average Bonchev–Trinajstić information content (AvgIpc) is 3.34. The highest BCUT2D eigenvalue weighted by molar-refractivity contribution is 7.15. The SMILES string of the molecule is COc1ccccc1-c1ncc(CNC(=O)[C@@]23CNC[C@@H]2CN(C)C3)s1. The number of ether oxygens (including phenoxy) is 1. The normalized spacial score (nSPS) is 25.2. The molecule has 2 aliphatic rings. The van der Waals surface area contributed by atoms with Gasteiger partial charge in [0.25, 0.3) is 0 Å². The van der Waals surface area contributed by atoms with Gasteiger partial charge in [-0.1, -0.05) is 12.1 Å². The number of carbonyl (C=O) groups is 1. The minimum absolute atomic E-state index is 0.157. The van der Waals surface area contributed by atoms with Crippen LogP contribution in [0.25, 0.3) is 10.6 Å². The summed E-state index contributed by atoms with van der Waals surface area (Å²) in [6, 6.07) is 7.86. The molecule has 1 aromatic carbocycles. The van der Waals surface area contributed by atoms with Crippen LogP contribution in [-0.4, -0.2) is 56.1 Å². The number of methoxy groups -OCH3 is 1. The fourth-order valence-corrected chi connectivity index (χ4v) is 5.05. The second-order valence-electron chi connectivity index (χ2n) is 7.20. The molecule has 2 N–H and O–H groups in total. The van der Waals surface area contributed by atoms with Gasteiger partial charge in [0.2, 0.25) is 5.91 Å². The molecule has 0 unspecified atom stereocenters. The van der Waals surface area contributed by atoms with E-state index in [4.69, 9.17) is 4.74 Å². The lowest BCUT2D eigenvalue weighted by molar-refractivity contribution is -0.130. The standard InChI is InChI=1S/C19H24N4O2S/c1-23-10-13-7-20-11-19(13,12-23)18(24)22-9-14-8-21-17(26-14)15-5-3-4-6-16(15)25-2/h3-6,8,13,20H,7,9-12H2,1-2H3,(H,22,24)/t13-,19-/m1/s1. The van der Waals surface area contributed by atoms with E-state index in [0.717, 1.165) is 47.4 Å². The van der Waals surface area contributed by atoms with Crippen molar-refractivity contribution in [3.05, 3.63) is 35.3 Å². The van der Waals surface area contributed by atoms with Gasteiger partial charge in [0, 0.05) is 43.2 Å². The van der Waals surface area contributed by atoms with E-state index in [1.807, 2.05) is 30.5 Å². The van der Waals surface area contributed by atoms with E-state index in [0.29, 0.717) is 12.5 Å². The van der Waals surface area contributed by atoms with Crippen LogP contribution in [0, 0.1) is 11.3 Å². The van der Waals surface area contributed by atoms with Crippen molar-refractivity contribution in [1.29, 1.82) is 0 Å². The second-order valence-corrected chi connectivity index (χ2v) is 8.31. The van der Waals surface area contributed by atoms with Crippen LogP contribution in [0.2, 0.25) is 0 Å². The van der Waals surface area contributed by atoms with Gasteiger partial charge in [0.05, 0.1) is 24.6 Å². The number of hydrogen-bond acceptors (Lipinski definition) is 6. The van der Waals surface area contributed by atoms with E-state index in [2.05, 4.69) is 27.6 Å². The fourth-order valence-electron chi connectivity index (χ4n) is 4.17. The highest BCUT2D eigenvalue weighted by Crippen LogP contribution is 2.38. The Balaban J connectivity index is 1.44. The Morgan fingerprint density at radius 3 is 3.19 bits per heavy atom. The molecule has 2 aromatic rings. The third-order valence-electron chi connectivity index (χ3n) is 5.46. The molecule has 0 spiro atoms. The number of para-hydroxylation sites is 1. The minimum Gasteiger partial charge on any atom is -0.496 e. The zero-order chi connectivity index (χ0) is 18.1. The van der Waals surface area contributed by atoms with E-state index in [9.17, 15) is 4.79 Å². The Kier molecular flexibility index (Phi) is 4.69. The molecule has 1 aromatic heterocycles. The topological polar surface area (TPSA) is 66.5 Å². The van der Waals surface area contributed by atoms with Crippen molar-refractivity contribution in [1.82, 2.24) is 20.5 Å². The number of carbonyl (C=O) groups excluding carboxylic acids is 1. The van der Waals surface area contributed by atoms with Crippen molar-refractivity contribution in [2.75, 3.05) is 40.3 Å². The molecule has 6 nitrogen and oxygen atoms in total. The number of nitrogens with one attached hydrogen (secondary N) is 2. The summed E-state index contributed by atoms with van der Waals surface area (Å²) < 4.78 is 5.42. The van der Waals surface area contributed by atoms with Crippen LogP contribution in [-0.2, 0) is 11.3 Å². The van der Waals surface area contributed by atoms with Crippen LogP contribution in [0.4, 0.5) is 0 Å². The lowest BCUT2D eigenvalue weighted by Gasteiger charge is -2.26. The molecule has 2 atom stereocenters. The molecular weight excluding hydrogens is 348 g/mol. The number of aromatic nitrogens is 1. The summed E-state index contributed by atoms with van der Waals surface area (Å²) in [4.78, 5) is 20.8. The lowest BCUT2D eigenvalue weighted by Crippen LogP contribution is -2.46. The summed E-state index contributed by atoms with van der Waals surface area (Å²) in [5.74, 6) is 1.37. The van der Waals surface area contributed by atoms with Crippen LogP contribution in [0.5, 0.6) is 5.75 Å². The molecular formula is C19H24N4O2S. The Hall–Kier alpha value is -1.96. The molecule has 138 valence electrons. The van der Waals surface area contributed by atoms with E-state index < -0.39 is 0 Å². The fraction of sp³-hybridized carbons (Fsp3) is 0.474. The third kappa shape index (κ3) is 3.00. The maximum Gasteiger partial charge on any atom is 0.229 e. The molecule has 4 rings (SSSR count). The number of benzene rings is 1. The zero-order valence-corrected chi connectivity index (χ0v) is 15.9. The van der Waals surface area contributed by atoms with E-state index in [1.54, 1.807) is 18.4 Å². The van der Waals surface area contributed by atoms with Gasteiger partial charge in [-0.25, -0.2) is 4.98 Å². The Labute approximate surface area is 157 Å². The first-order valence-electron chi connectivity index (χ1n) is 8.88. The molecule has 26 heavy (non-hydrogen) atoms. The van der Waals surface area contributed by atoms with Crippen molar-refractivity contribution in [3.63, 3.8) is 0 Å². The predicted molar refractivity (Wildman–Crippen MR) is 102 cm³/mol. The number of fused-ring (bicyclic) bond motifs is 1. The van der Waals surface area contributed by atoms with Crippen molar-refractivity contribution >= 4 is 17.2 Å². The molecule has 0 aliphatic carbocycles. The molecule has 2 fully saturated rings. The number of thiazole rings is 1. The summed E-state index contributed by atoms with van der Waals surface area (Å²) >= 11 is 1.59. The zero-order valence-electron chi connectivity index (χ0n) is 15.1. The number of amides is 1. The van der Waals surface area contributed by atoms with E-state index in [-0.39, 0.29) is 11.3 Å². The summed E-state index contributed by atoms with van der Waals surface area (Å²) in [5.41, 5.74) is 0.693. The van der Waals surface area contributed by atoms with Crippen LogP contribution in [0.3, 0.4) is 0 Å². The lowest BCUT2D eigenvalue weighted by atomic mass is 9.80. The monoisotopic (exact) mass is 372 g/mol. The smallest absolute Gasteiger partial charge is 0.229 e. The minimum atomic E-state index is -0.287. The number of hydrogen-bond donors (Lipinski definition) is 2. The van der Waals surface area contributed by atoms with Gasteiger partial charge in [-0.05, 0) is 19.2 Å². The molecule has 1 amide bonds. The first kappa shape index (κ1) is 17.5. The van der Waals surface area contributed by atoms with Crippen LogP contribution >= 0.6 is 11.3 Å². The van der Waals surface area contributed by atoms with Gasteiger partial charge in [0.15, 0.2) is 0 Å². The molecule has 3 heterocycles. The van der Waals surface area contributed by atoms with Crippen LogP contribution in [0.15, 0.2) is 30.5 Å². The van der Waals surface area contributed by atoms with Crippen molar-refractivity contribution in [3.8, 4) is 16.3 Å². The first-order chi connectivity index (χ1) is 12.6. The molecule has 0 saturated carbocycles. The van der Waals surface area contributed by atoms with Gasteiger partial charge < -0.3 is 20.3 Å². The molecule has 2 saturated heterocycles. The van der Waals surface area contributed by atoms with E-state index >= 15 is 0 Å². The number of nitrogens with zero attached hydrogens (tertiary/aromatic N) is 2. The largest absolute Gasteiger partial charge is 0.496 e. The summed E-state index contributed by atoms with van der Waals surface area (Å²) in [7, 11) is 3.76. The van der Waals surface area contributed by atoms with Crippen molar-refractivity contribution in [2.45, 2.75) is 6.54 Å². The molecule has 0 radical (unpaired) electrons. The quantitative estimate of drug-likeness (QED) is 0.834. The van der Waals surface area contributed by atoms with Gasteiger partial charge in [-0.15, -0.1) is 11.3 Å².